The van der Waals surface area contributed by atoms with Crippen molar-refractivity contribution in [1.29, 1.82) is 0 Å². The number of benzene rings is 1. The Bertz CT molecular complexity index is 1000. The van der Waals surface area contributed by atoms with Crippen molar-refractivity contribution in [2.24, 2.45) is 0 Å². The first-order valence-corrected chi connectivity index (χ1v) is 10.5. The van der Waals surface area contributed by atoms with Gasteiger partial charge in [0.25, 0.3) is 0 Å². The SMILES string of the molecule is O=S1(=O)CC[C@@H](Nc2ncnc3scc(-c4ccc(Cl)cc4)c23)C1. The first kappa shape index (κ1) is 15.8. The van der Waals surface area contributed by atoms with Crippen molar-refractivity contribution in [1.82, 2.24) is 9.97 Å². The van der Waals surface area contributed by atoms with Crippen LogP contribution in [0.5, 0.6) is 0 Å². The maximum Gasteiger partial charge on any atom is 0.152 e. The standard InChI is InChI=1S/C16H14ClN3O2S2/c17-11-3-1-10(2-4-11)13-7-23-16-14(13)15(18-9-19-16)20-12-5-6-24(21,22)8-12/h1-4,7,9,12H,5-6,8H2,(H,18,19,20)/t12-/m1/s1. The molecule has 0 amide bonds. The molecule has 124 valence electrons. The van der Waals surface area contributed by atoms with Gasteiger partial charge in [-0.2, -0.15) is 0 Å². The molecule has 1 aliphatic rings. The Morgan fingerprint density at radius 2 is 2.00 bits per heavy atom. The van der Waals surface area contributed by atoms with Crippen molar-refractivity contribution in [2.45, 2.75) is 12.5 Å². The molecule has 24 heavy (non-hydrogen) atoms. The van der Waals surface area contributed by atoms with Gasteiger partial charge < -0.3 is 5.32 Å². The van der Waals surface area contributed by atoms with Crippen molar-refractivity contribution >= 4 is 48.8 Å². The summed E-state index contributed by atoms with van der Waals surface area (Å²) in [6.07, 6.45) is 2.12. The van der Waals surface area contributed by atoms with Crippen LogP contribution in [-0.2, 0) is 9.84 Å². The van der Waals surface area contributed by atoms with Crippen LogP contribution in [0.4, 0.5) is 5.82 Å². The summed E-state index contributed by atoms with van der Waals surface area (Å²) in [5.74, 6) is 1.07. The summed E-state index contributed by atoms with van der Waals surface area (Å²) in [7, 11) is -2.94. The smallest absolute Gasteiger partial charge is 0.152 e. The molecule has 0 radical (unpaired) electrons. The third kappa shape index (κ3) is 2.99. The largest absolute Gasteiger partial charge is 0.366 e. The average molecular weight is 380 g/mol. The van der Waals surface area contributed by atoms with E-state index in [9.17, 15) is 8.42 Å². The number of hydrogen-bond acceptors (Lipinski definition) is 6. The second-order valence-corrected chi connectivity index (χ2v) is 9.33. The number of hydrogen-bond donors (Lipinski definition) is 1. The van der Waals surface area contributed by atoms with Gasteiger partial charge in [0.15, 0.2) is 9.84 Å². The molecule has 0 spiro atoms. The number of anilines is 1. The Kier molecular flexibility index (Phi) is 3.94. The van der Waals surface area contributed by atoms with Crippen molar-refractivity contribution in [2.75, 3.05) is 16.8 Å². The maximum atomic E-state index is 11.7. The molecule has 3 heterocycles. The molecule has 0 saturated carbocycles. The molecule has 0 bridgehead atoms. The third-order valence-corrected chi connectivity index (χ3v) is 7.01. The molecular formula is C16H14ClN3O2S2. The molecule has 0 unspecified atom stereocenters. The van der Waals surface area contributed by atoms with Gasteiger partial charge in [-0.15, -0.1) is 11.3 Å². The maximum absolute atomic E-state index is 11.7. The number of aromatic nitrogens is 2. The predicted octanol–water partition coefficient (Wildman–Crippen LogP) is 3.61. The highest BCUT2D eigenvalue weighted by Crippen LogP contribution is 2.37. The zero-order valence-corrected chi connectivity index (χ0v) is 15.0. The van der Waals surface area contributed by atoms with Crippen LogP contribution in [0.1, 0.15) is 6.42 Å². The van der Waals surface area contributed by atoms with Crippen molar-refractivity contribution < 1.29 is 8.42 Å². The number of fused-ring (bicyclic) bond motifs is 1. The Balaban J connectivity index is 1.76. The van der Waals surface area contributed by atoms with Gasteiger partial charge >= 0.3 is 0 Å². The number of nitrogens with one attached hydrogen (secondary N) is 1. The normalized spacial score (nSPS) is 19.6. The van der Waals surface area contributed by atoms with Crippen LogP contribution in [0.3, 0.4) is 0 Å². The quantitative estimate of drug-likeness (QED) is 0.752. The van der Waals surface area contributed by atoms with Crippen molar-refractivity contribution in [3.05, 3.63) is 41.0 Å². The summed E-state index contributed by atoms with van der Waals surface area (Å²) in [4.78, 5) is 9.56. The van der Waals surface area contributed by atoms with E-state index >= 15 is 0 Å². The summed E-state index contributed by atoms with van der Waals surface area (Å²) in [5.41, 5.74) is 2.05. The molecule has 1 aliphatic heterocycles. The molecule has 2 aromatic heterocycles. The number of sulfone groups is 1. The van der Waals surface area contributed by atoms with E-state index in [2.05, 4.69) is 15.3 Å². The molecule has 1 atom stereocenters. The van der Waals surface area contributed by atoms with Crippen LogP contribution in [0, 0.1) is 0 Å². The number of nitrogens with zero attached hydrogens (tertiary/aromatic N) is 2. The Morgan fingerprint density at radius 3 is 2.71 bits per heavy atom. The lowest BCUT2D eigenvalue weighted by Crippen LogP contribution is -2.21. The molecule has 3 aromatic rings. The minimum Gasteiger partial charge on any atom is -0.366 e. The molecule has 1 fully saturated rings. The summed E-state index contributed by atoms with van der Waals surface area (Å²) < 4.78 is 23.4. The van der Waals surface area contributed by atoms with Crippen LogP contribution in [-0.4, -0.2) is 35.9 Å². The van der Waals surface area contributed by atoms with Crippen LogP contribution in [0.25, 0.3) is 21.3 Å². The van der Waals surface area contributed by atoms with Gasteiger partial charge in [-0.1, -0.05) is 23.7 Å². The molecule has 8 heteroatoms. The Labute approximate surface area is 148 Å². The van der Waals surface area contributed by atoms with Gasteiger partial charge in [0.1, 0.15) is 17.0 Å². The molecule has 1 aromatic carbocycles. The van der Waals surface area contributed by atoms with E-state index in [-0.39, 0.29) is 17.5 Å². The van der Waals surface area contributed by atoms with Crippen LogP contribution >= 0.6 is 22.9 Å². The third-order valence-electron chi connectivity index (χ3n) is 4.10. The lowest BCUT2D eigenvalue weighted by molar-refractivity contribution is 0.602. The number of thiophene rings is 1. The zero-order valence-electron chi connectivity index (χ0n) is 12.6. The van der Waals surface area contributed by atoms with Crippen LogP contribution < -0.4 is 5.32 Å². The second-order valence-electron chi connectivity index (χ2n) is 5.80. The van der Waals surface area contributed by atoms with Gasteiger partial charge in [-0.05, 0) is 24.1 Å². The van der Waals surface area contributed by atoms with Gasteiger partial charge in [0.2, 0.25) is 0 Å². The topological polar surface area (TPSA) is 72.0 Å². The van der Waals surface area contributed by atoms with E-state index in [1.54, 1.807) is 11.3 Å². The first-order valence-electron chi connectivity index (χ1n) is 7.47. The van der Waals surface area contributed by atoms with Crippen molar-refractivity contribution in [3.8, 4) is 11.1 Å². The minimum absolute atomic E-state index is 0.105. The predicted molar refractivity (Wildman–Crippen MR) is 98.5 cm³/mol. The fourth-order valence-corrected chi connectivity index (χ4v) is 5.64. The highest BCUT2D eigenvalue weighted by atomic mass is 35.5. The summed E-state index contributed by atoms with van der Waals surface area (Å²) in [6.45, 7) is 0. The van der Waals surface area contributed by atoms with E-state index in [1.807, 2.05) is 29.6 Å². The molecule has 1 N–H and O–H groups in total. The van der Waals surface area contributed by atoms with Gasteiger partial charge in [0.05, 0.1) is 16.9 Å². The molecule has 5 nitrogen and oxygen atoms in total. The Hall–Kier alpha value is -1.70. The lowest BCUT2D eigenvalue weighted by atomic mass is 10.1. The first-order chi connectivity index (χ1) is 11.5. The lowest BCUT2D eigenvalue weighted by Gasteiger charge is -2.13. The van der Waals surface area contributed by atoms with Gasteiger partial charge in [0, 0.05) is 22.0 Å². The van der Waals surface area contributed by atoms with E-state index in [4.69, 9.17) is 11.6 Å². The second kappa shape index (κ2) is 5.98. The van der Waals surface area contributed by atoms with E-state index in [0.717, 1.165) is 21.3 Å². The Morgan fingerprint density at radius 1 is 1.21 bits per heavy atom. The summed E-state index contributed by atoms with van der Waals surface area (Å²) in [5, 5.41) is 6.95. The van der Waals surface area contributed by atoms with E-state index < -0.39 is 9.84 Å². The van der Waals surface area contributed by atoms with Gasteiger partial charge in [-0.3, -0.25) is 0 Å². The average Bonchev–Trinajstić information content (AvgIpc) is 3.12. The van der Waals surface area contributed by atoms with Crippen LogP contribution in [0.15, 0.2) is 36.0 Å². The highest BCUT2D eigenvalue weighted by Gasteiger charge is 2.28. The fourth-order valence-electron chi connectivity index (χ4n) is 2.93. The molecule has 1 saturated heterocycles. The molecule has 0 aliphatic carbocycles. The van der Waals surface area contributed by atoms with E-state index in [1.165, 1.54) is 6.33 Å². The fraction of sp³-hybridized carbons (Fsp3) is 0.250. The van der Waals surface area contributed by atoms with Crippen molar-refractivity contribution in [3.63, 3.8) is 0 Å². The minimum atomic E-state index is -2.94. The number of rotatable bonds is 3. The zero-order chi connectivity index (χ0) is 16.7. The highest BCUT2D eigenvalue weighted by molar-refractivity contribution is 7.91. The van der Waals surface area contributed by atoms with Gasteiger partial charge in [-0.25, -0.2) is 18.4 Å². The summed E-state index contributed by atoms with van der Waals surface area (Å²) >= 11 is 7.51. The molecular weight excluding hydrogens is 366 g/mol. The monoisotopic (exact) mass is 379 g/mol. The van der Waals surface area contributed by atoms with E-state index in [0.29, 0.717) is 17.3 Å². The molecule has 4 rings (SSSR count). The van der Waals surface area contributed by atoms with Crippen LogP contribution in [0.2, 0.25) is 5.02 Å². The summed E-state index contributed by atoms with van der Waals surface area (Å²) in [6, 6.07) is 7.51. The number of halogens is 1.